The normalized spacial score (nSPS) is 15.2. The van der Waals surface area contributed by atoms with Gasteiger partial charge < -0.3 is 0 Å². The van der Waals surface area contributed by atoms with Crippen molar-refractivity contribution in [1.29, 1.82) is 0 Å². The number of carbonyl (C=O) groups excluding carboxylic acids is 1. The lowest BCUT2D eigenvalue weighted by molar-refractivity contribution is -0.118. The molecule has 3 nitrogen and oxygen atoms in total. The predicted octanol–water partition coefficient (Wildman–Crippen LogP) is 5.04. The quantitative estimate of drug-likeness (QED) is 0.402. The zero-order valence-electron chi connectivity index (χ0n) is 10.8. The molecule has 0 saturated heterocycles. The Hall–Kier alpha value is 1.36. The molecule has 2 unspecified atom stereocenters. The fourth-order valence-corrected chi connectivity index (χ4v) is 5.80. The highest BCUT2D eigenvalue weighted by molar-refractivity contribution is 9.10. The lowest BCUT2D eigenvalue weighted by Gasteiger charge is -2.17. The second-order valence-corrected chi connectivity index (χ2v) is 14.1. The molecule has 0 fully saturated rings. The second kappa shape index (κ2) is 10.1. The van der Waals surface area contributed by atoms with Gasteiger partial charge in [0, 0.05) is 4.83 Å². The number of hydrogen-bond acceptors (Lipinski definition) is 4. The molecule has 0 aliphatic rings. The van der Waals surface area contributed by atoms with Crippen LogP contribution in [0.15, 0.2) is 0 Å². The number of rotatable bonds is 9. The van der Waals surface area contributed by atoms with Gasteiger partial charge in [0.1, 0.15) is 0 Å². The molecule has 0 aliphatic carbocycles. The van der Waals surface area contributed by atoms with Gasteiger partial charge in [-0.25, -0.2) is 0 Å². The number of nitrogens with one attached hydrogen (secondary N) is 1. The zero-order chi connectivity index (χ0) is 14.2. The van der Waals surface area contributed by atoms with E-state index >= 15 is 0 Å². The molecule has 0 aromatic heterocycles. The minimum Gasteiger partial charge on any atom is -0.290 e. The summed E-state index contributed by atoms with van der Waals surface area (Å²) in [5.41, 5.74) is -2.65. The summed E-state index contributed by atoms with van der Waals surface area (Å²) < 4.78 is 12.1. The van der Waals surface area contributed by atoms with E-state index in [1.54, 1.807) is 12.5 Å². The van der Waals surface area contributed by atoms with E-state index in [1.165, 1.54) is 22.8 Å². The van der Waals surface area contributed by atoms with Crippen LogP contribution in [0.1, 0.15) is 32.6 Å². The summed E-state index contributed by atoms with van der Waals surface area (Å²) in [5, 5.41) is 2.63. The second-order valence-electron chi connectivity index (χ2n) is 3.74. The van der Waals surface area contributed by atoms with Crippen LogP contribution in [0.4, 0.5) is 0 Å². The van der Waals surface area contributed by atoms with Crippen molar-refractivity contribution >= 4 is 66.2 Å². The Labute approximate surface area is 135 Å². The predicted molar refractivity (Wildman–Crippen MR) is 92.4 cm³/mol. The average Bonchev–Trinajstić information content (AvgIpc) is 2.37. The molecular weight excluding hydrogens is 421 g/mol. The molecule has 18 heavy (non-hydrogen) atoms. The Kier molecular flexibility index (Phi) is 10.9. The van der Waals surface area contributed by atoms with Gasteiger partial charge in [-0.05, 0) is 31.8 Å². The molecule has 0 aromatic carbocycles. The highest BCUT2D eigenvalue weighted by Gasteiger charge is 2.25. The van der Waals surface area contributed by atoms with Crippen LogP contribution >= 0.6 is 60.3 Å². The summed E-state index contributed by atoms with van der Waals surface area (Å²) in [4.78, 5) is 12.1. The first-order chi connectivity index (χ1) is 8.38. The minimum atomic E-state index is -2.65. The van der Waals surface area contributed by atoms with Crippen molar-refractivity contribution in [3.8, 4) is 0 Å². The van der Waals surface area contributed by atoms with E-state index in [0.29, 0.717) is 4.83 Å². The molecule has 0 heterocycles. The zero-order valence-corrected chi connectivity index (χ0v) is 16.5. The van der Waals surface area contributed by atoms with Crippen LogP contribution in [0, 0.1) is 0 Å². The molecule has 2 atom stereocenters. The van der Waals surface area contributed by atoms with Gasteiger partial charge in [-0.1, -0.05) is 68.0 Å². The summed E-state index contributed by atoms with van der Waals surface area (Å²) in [6.07, 6.45) is 7.36. The Morgan fingerprint density at radius 1 is 1.28 bits per heavy atom. The van der Waals surface area contributed by atoms with E-state index in [0.717, 1.165) is 25.7 Å². The Morgan fingerprint density at radius 3 is 2.28 bits per heavy atom. The van der Waals surface area contributed by atoms with Crippen LogP contribution in [-0.4, -0.2) is 28.1 Å². The molecular formula is C10H20Br2NO2PS2. The molecule has 0 aromatic rings. The maximum Gasteiger partial charge on any atom is 0.279 e. The van der Waals surface area contributed by atoms with Crippen molar-refractivity contribution in [2.45, 2.75) is 42.3 Å². The Morgan fingerprint density at radius 2 is 1.83 bits per heavy atom. The monoisotopic (exact) mass is 439 g/mol. The van der Waals surface area contributed by atoms with E-state index in [2.05, 4.69) is 43.9 Å². The maximum atomic E-state index is 12.1. The summed E-state index contributed by atoms with van der Waals surface area (Å²) >= 11 is 9.34. The fraction of sp³-hybridized carbons (Fsp3) is 0.900. The first-order valence-electron chi connectivity index (χ1n) is 5.70. The lowest BCUT2D eigenvalue weighted by atomic mass is 10.1. The molecule has 1 N–H and O–H groups in total. The van der Waals surface area contributed by atoms with Gasteiger partial charge in [0.2, 0.25) is 5.91 Å². The van der Waals surface area contributed by atoms with Gasteiger partial charge in [0.05, 0.1) is 4.83 Å². The van der Waals surface area contributed by atoms with Crippen LogP contribution < -0.4 is 5.09 Å². The van der Waals surface area contributed by atoms with Gasteiger partial charge >= 0.3 is 0 Å². The molecule has 0 bridgehead atoms. The van der Waals surface area contributed by atoms with Crippen molar-refractivity contribution in [1.82, 2.24) is 5.09 Å². The summed E-state index contributed by atoms with van der Waals surface area (Å²) in [6.45, 7) is 2.13. The molecule has 0 radical (unpaired) electrons. The average molecular weight is 441 g/mol. The summed E-state index contributed by atoms with van der Waals surface area (Å²) in [6, 6.07) is 0. The molecule has 0 rings (SSSR count). The standard InChI is InChI=1S/C10H20Br2NO2PS2/c1-4-8(11)6-5-7-9(12)10(14)13-16(15,17-2)18-3/h8-9H,4-7H2,1-3H3,(H,13,14,15). The molecule has 0 aliphatic heterocycles. The highest BCUT2D eigenvalue weighted by Crippen LogP contribution is 2.63. The van der Waals surface area contributed by atoms with Crippen molar-refractivity contribution in [2.24, 2.45) is 0 Å². The van der Waals surface area contributed by atoms with E-state index in [-0.39, 0.29) is 10.7 Å². The first-order valence-corrected chi connectivity index (χ1v) is 12.9. The van der Waals surface area contributed by atoms with Crippen LogP contribution in [0.3, 0.4) is 0 Å². The third-order valence-electron chi connectivity index (χ3n) is 2.43. The Bertz CT molecular complexity index is 300. The summed E-state index contributed by atoms with van der Waals surface area (Å²) in [7, 11) is 0. The number of carbonyl (C=O) groups is 1. The van der Waals surface area contributed by atoms with Crippen molar-refractivity contribution in [3.63, 3.8) is 0 Å². The van der Waals surface area contributed by atoms with Crippen molar-refractivity contribution < 1.29 is 9.36 Å². The van der Waals surface area contributed by atoms with Crippen LogP contribution in [-0.2, 0) is 9.36 Å². The highest BCUT2D eigenvalue weighted by atomic mass is 79.9. The van der Waals surface area contributed by atoms with Crippen LogP contribution in [0.2, 0.25) is 0 Å². The third kappa shape index (κ3) is 7.83. The van der Waals surface area contributed by atoms with E-state index in [1.807, 2.05) is 0 Å². The minimum absolute atomic E-state index is 0.176. The molecule has 0 spiro atoms. The number of halogens is 2. The maximum absolute atomic E-state index is 12.1. The molecule has 0 saturated carbocycles. The molecule has 108 valence electrons. The van der Waals surface area contributed by atoms with E-state index in [4.69, 9.17) is 0 Å². The SMILES string of the molecule is CCC(Br)CCCC(Br)C(=O)NP(=O)(SC)SC. The number of alkyl halides is 2. The summed E-state index contributed by atoms with van der Waals surface area (Å²) in [5.74, 6) is -0.176. The van der Waals surface area contributed by atoms with Gasteiger partial charge in [-0.15, -0.1) is 0 Å². The van der Waals surface area contributed by atoms with Gasteiger partial charge in [-0.2, -0.15) is 0 Å². The van der Waals surface area contributed by atoms with Crippen LogP contribution in [0.25, 0.3) is 0 Å². The topological polar surface area (TPSA) is 46.2 Å². The Balaban J connectivity index is 4.07. The smallest absolute Gasteiger partial charge is 0.279 e. The van der Waals surface area contributed by atoms with Gasteiger partial charge in [-0.3, -0.25) is 14.4 Å². The molecule has 1 amide bonds. The van der Waals surface area contributed by atoms with Gasteiger partial charge in [0.25, 0.3) is 5.70 Å². The largest absolute Gasteiger partial charge is 0.290 e. The first kappa shape index (κ1) is 19.4. The van der Waals surface area contributed by atoms with Crippen LogP contribution in [0.5, 0.6) is 0 Å². The number of amides is 1. The molecule has 8 heteroatoms. The lowest BCUT2D eigenvalue weighted by Crippen LogP contribution is -2.27. The van der Waals surface area contributed by atoms with E-state index < -0.39 is 5.70 Å². The van der Waals surface area contributed by atoms with Crippen molar-refractivity contribution in [2.75, 3.05) is 12.5 Å². The van der Waals surface area contributed by atoms with E-state index in [9.17, 15) is 9.36 Å². The number of hydrogen-bond donors (Lipinski definition) is 1. The van der Waals surface area contributed by atoms with Crippen molar-refractivity contribution in [3.05, 3.63) is 0 Å². The fourth-order valence-electron chi connectivity index (χ4n) is 1.22. The third-order valence-corrected chi connectivity index (χ3v) is 12.0. The van der Waals surface area contributed by atoms with Gasteiger partial charge in [0.15, 0.2) is 0 Å².